The minimum Gasteiger partial charge on any atom is -0.327 e. The van der Waals surface area contributed by atoms with Crippen LogP contribution in [0.3, 0.4) is 0 Å². The maximum Gasteiger partial charge on any atom is 0.269 e. The van der Waals surface area contributed by atoms with E-state index >= 15 is 0 Å². The van der Waals surface area contributed by atoms with Crippen LogP contribution >= 0.6 is 0 Å². The highest BCUT2D eigenvalue weighted by Crippen LogP contribution is 2.14. The van der Waals surface area contributed by atoms with E-state index in [1.807, 2.05) is 4.98 Å². The average Bonchev–Trinajstić information content (AvgIpc) is 2.05. The van der Waals surface area contributed by atoms with Gasteiger partial charge in [0.15, 0.2) is 0 Å². The molecule has 0 aliphatic carbocycles. The predicted octanol–water partition coefficient (Wildman–Crippen LogP) is 1.18. The number of nitrogens with one attached hydrogen (secondary N) is 1. The van der Waals surface area contributed by atoms with Crippen LogP contribution in [0, 0.1) is 11.3 Å². The summed E-state index contributed by atoms with van der Waals surface area (Å²) in [6.07, 6.45) is -1.75. The fourth-order valence-corrected chi connectivity index (χ4v) is 0.728. The molecule has 0 bridgehead atoms. The highest BCUT2D eigenvalue weighted by atomic mass is 19.3. The predicted molar refractivity (Wildman–Crippen MR) is 36.7 cm³/mol. The normalized spacial score (nSPS) is 9.83. The molecule has 1 aromatic heterocycles. The van der Waals surface area contributed by atoms with Gasteiger partial charge in [-0.3, -0.25) is 4.79 Å². The van der Waals surface area contributed by atoms with Crippen molar-refractivity contribution in [1.29, 1.82) is 5.26 Å². The molecule has 0 aliphatic rings. The van der Waals surface area contributed by atoms with Gasteiger partial charge in [0.1, 0.15) is 6.07 Å². The van der Waals surface area contributed by atoms with Gasteiger partial charge in [-0.2, -0.15) is 5.26 Å². The minimum absolute atomic E-state index is 0.0184. The number of nitriles is 1. The molecule has 62 valence electrons. The summed E-state index contributed by atoms with van der Waals surface area (Å²) in [5, 5.41) is 8.32. The molecule has 1 aromatic rings. The fraction of sp³-hybridized carbons (Fsp3) is 0.143. The molecule has 0 amide bonds. The molecule has 1 N–H and O–H groups in total. The van der Waals surface area contributed by atoms with E-state index in [4.69, 9.17) is 5.26 Å². The van der Waals surface area contributed by atoms with E-state index in [0.717, 1.165) is 12.3 Å². The number of pyridine rings is 1. The third-order valence-electron chi connectivity index (χ3n) is 1.30. The van der Waals surface area contributed by atoms with Crippen molar-refractivity contribution in [3.05, 3.63) is 33.7 Å². The summed E-state index contributed by atoms with van der Waals surface area (Å²) >= 11 is 0. The Kier molecular flexibility index (Phi) is 2.19. The number of aromatic amines is 1. The van der Waals surface area contributed by atoms with E-state index < -0.39 is 17.5 Å². The number of nitrogens with zero attached hydrogens (tertiary/aromatic N) is 1. The second-order valence-electron chi connectivity index (χ2n) is 2.09. The molecule has 1 heterocycles. The van der Waals surface area contributed by atoms with Crippen LogP contribution in [0.5, 0.6) is 0 Å². The van der Waals surface area contributed by atoms with Crippen LogP contribution in [0.2, 0.25) is 0 Å². The molecule has 0 saturated carbocycles. The molecule has 0 fully saturated rings. The van der Waals surface area contributed by atoms with Crippen molar-refractivity contribution in [2.24, 2.45) is 0 Å². The quantitative estimate of drug-likeness (QED) is 0.688. The van der Waals surface area contributed by atoms with Crippen LogP contribution in [0.1, 0.15) is 17.6 Å². The Morgan fingerprint density at radius 1 is 1.58 bits per heavy atom. The first-order valence-electron chi connectivity index (χ1n) is 3.06. The number of H-pyrrole nitrogens is 1. The van der Waals surface area contributed by atoms with Crippen molar-refractivity contribution in [3.63, 3.8) is 0 Å². The monoisotopic (exact) mass is 170 g/mol. The number of hydrogen-bond donors (Lipinski definition) is 1. The average molecular weight is 170 g/mol. The molecule has 0 unspecified atom stereocenters. The van der Waals surface area contributed by atoms with Gasteiger partial charge in [0, 0.05) is 6.20 Å². The topological polar surface area (TPSA) is 56.6 Å². The molecule has 0 radical (unpaired) electrons. The number of aromatic nitrogens is 1. The standard InChI is InChI=1S/C7H4F2N2O/c8-6(9)5-1-4(2-10)3-11-7(5)12/h1,3,6H,(H,11,12). The molecule has 5 heteroatoms. The number of rotatable bonds is 1. The smallest absolute Gasteiger partial charge is 0.269 e. The zero-order valence-corrected chi connectivity index (χ0v) is 5.84. The third-order valence-corrected chi connectivity index (χ3v) is 1.30. The van der Waals surface area contributed by atoms with E-state index in [1.54, 1.807) is 6.07 Å². The highest BCUT2D eigenvalue weighted by Gasteiger charge is 2.11. The summed E-state index contributed by atoms with van der Waals surface area (Å²) in [4.78, 5) is 12.7. The van der Waals surface area contributed by atoms with Crippen LogP contribution in [-0.2, 0) is 0 Å². The van der Waals surface area contributed by atoms with Crippen LogP contribution in [0.15, 0.2) is 17.1 Å². The fourth-order valence-electron chi connectivity index (χ4n) is 0.728. The molecule has 0 spiro atoms. The van der Waals surface area contributed by atoms with Gasteiger partial charge in [0.05, 0.1) is 11.1 Å². The molecule has 3 nitrogen and oxygen atoms in total. The van der Waals surface area contributed by atoms with Crippen LogP contribution in [0.4, 0.5) is 8.78 Å². The Hall–Kier alpha value is -1.70. The first kappa shape index (κ1) is 8.40. The second-order valence-corrected chi connectivity index (χ2v) is 2.09. The summed E-state index contributed by atoms with van der Waals surface area (Å²) in [7, 11) is 0. The Bertz CT molecular complexity index is 378. The molecule has 0 aromatic carbocycles. The Balaban J connectivity index is 3.29. The maximum atomic E-state index is 12.0. The highest BCUT2D eigenvalue weighted by molar-refractivity contribution is 5.29. The number of alkyl halides is 2. The lowest BCUT2D eigenvalue weighted by Gasteiger charge is -1.96. The molecular formula is C7H4F2N2O. The first-order valence-corrected chi connectivity index (χ1v) is 3.06. The van der Waals surface area contributed by atoms with Crippen molar-refractivity contribution in [1.82, 2.24) is 4.98 Å². The summed E-state index contributed by atoms with van der Waals surface area (Å²) < 4.78 is 24.0. The lowest BCUT2D eigenvalue weighted by atomic mass is 10.2. The van der Waals surface area contributed by atoms with E-state index in [-0.39, 0.29) is 5.56 Å². The van der Waals surface area contributed by atoms with E-state index in [0.29, 0.717) is 0 Å². The van der Waals surface area contributed by atoms with Gasteiger partial charge in [-0.15, -0.1) is 0 Å². The molecule has 1 rings (SSSR count). The molecule has 0 atom stereocenters. The first-order chi connectivity index (χ1) is 5.65. The van der Waals surface area contributed by atoms with Crippen LogP contribution < -0.4 is 5.56 Å². The zero-order chi connectivity index (χ0) is 9.14. The van der Waals surface area contributed by atoms with Gasteiger partial charge in [-0.25, -0.2) is 8.78 Å². The number of halogens is 2. The molecule has 0 aliphatic heterocycles. The van der Waals surface area contributed by atoms with E-state index in [1.165, 1.54) is 0 Å². The van der Waals surface area contributed by atoms with Crippen molar-refractivity contribution in [2.75, 3.05) is 0 Å². The molecule has 0 saturated heterocycles. The van der Waals surface area contributed by atoms with Crippen molar-refractivity contribution in [2.45, 2.75) is 6.43 Å². The largest absolute Gasteiger partial charge is 0.327 e. The summed E-state index contributed by atoms with van der Waals surface area (Å²) in [5.74, 6) is 0. The minimum atomic E-state index is -2.85. The van der Waals surface area contributed by atoms with Crippen LogP contribution in [0.25, 0.3) is 0 Å². The summed E-state index contributed by atoms with van der Waals surface area (Å²) in [5.41, 5.74) is -1.51. The maximum absolute atomic E-state index is 12.0. The van der Waals surface area contributed by atoms with Gasteiger partial charge in [-0.1, -0.05) is 0 Å². The lowest BCUT2D eigenvalue weighted by molar-refractivity contribution is 0.149. The third kappa shape index (κ3) is 1.48. The summed E-state index contributed by atoms with van der Waals surface area (Å²) in [6, 6.07) is 2.52. The van der Waals surface area contributed by atoms with Gasteiger partial charge in [0.25, 0.3) is 12.0 Å². The lowest BCUT2D eigenvalue weighted by Crippen LogP contribution is -2.12. The zero-order valence-electron chi connectivity index (χ0n) is 5.84. The second kappa shape index (κ2) is 3.13. The van der Waals surface area contributed by atoms with Crippen molar-refractivity contribution < 1.29 is 8.78 Å². The van der Waals surface area contributed by atoms with Gasteiger partial charge in [0.2, 0.25) is 0 Å². The van der Waals surface area contributed by atoms with E-state index in [9.17, 15) is 13.6 Å². The van der Waals surface area contributed by atoms with Crippen molar-refractivity contribution in [3.8, 4) is 6.07 Å². The molecule has 12 heavy (non-hydrogen) atoms. The van der Waals surface area contributed by atoms with E-state index in [2.05, 4.69) is 0 Å². The van der Waals surface area contributed by atoms with Gasteiger partial charge in [-0.05, 0) is 6.07 Å². The van der Waals surface area contributed by atoms with Gasteiger partial charge >= 0.3 is 0 Å². The number of hydrogen-bond acceptors (Lipinski definition) is 2. The Morgan fingerprint density at radius 2 is 2.25 bits per heavy atom. The Labute approximate surface area is 66.3 Å². The summed E-state index contributed by atoms with van der Waals surface area (Å²) in [6.45, 7) is 0. The SMILES string of the molecule is N#Cc1c[nH]c(=O)c(C(F)F)c1. The molecular weight excluding hydrogens is 166 g/mol. The Morgan fingerprint density at radius 3 is 2.75 bits per heavy atom. The van der Waals surface area contributed by atoms with Gasteiger partial charge < -0.3 is 4.98 Å². The van der Waals surface area contributed by atoms with Crippen molar-refractivity contribution >= 4 is 0 Å². The van der Waals surface area contributed by atoms with Crippen LogP contribution in [-0.4, -0.2) is 4.98 Å².